The van der Waals surface area contributed by atoms with Crippen LogP contribution in [0.2, 0.25) is 5.02 Å². The second-order valence-corrected chi connectivity index (χ2v) is 4.18. The van der Waals surface area contributed by atoms with Crippen molar-refractivity contribution in [1.29, 1.82) is 0 Å². The summed E-state index contributed by atoms with van der Waals surface area (Å²) < 4.78 is 0. The summed E-state index contributed by atoms with van der Waals surface area (Å²) in [6.45, 7) is 2.02. The van der Waals surface area contributed by atoms with Crippen LogP contribution in [0.4, 0.5) is 11.4 Å². The zero-order valence-corrected chi connectivity index (χ0v) is 12.3. The third-order valence-electron chi connectivity index (χ3n) is 2.17. The number of amides is 2. The summed E-state index contributed by atoms with van der Waals surface area (Å²) in [5, 5.41) is 8.59. The maximum Gasteiger partial charge on any atom is 0.225 e. The van der Waals surface area contributed by atoms with E-state index >= 15 is 0 Å². The quantitative estimate of drug-likeness (QED) is 0.781. The fraction of sp³-hybridized carbons (Fsp3) is 0.333. The number of anilines is 2. The molecule has 5 nitrogen and oxygen atoms in total. The molecule has 0 atom stereocenters. The van der Waals surface area contributed by atoms with E-state index in [2.05, 4.69) is 16.0 Å². The summed E-state index contributed by atoms with van der Waals surface area (Å²) >= 11 is 5.98. The Balaban J connectivity index is 0.00000324. The predicted octanol–water partition coefficient (Wildman–Crippen LogP) is 2.27. The van der Waals surface area contributed by atoms with Crippen molar-refractivity contribution in [1.82, 2.24) is 5.32 Å². The number of hydrogen-bond donors (Lipinski definition) is 3. The van der Waals surface area contributed by atoms with Crippen LogP contribution in [0.1, 0.15) is 13.3 Å². The highest BCUT2D eigenvalue weighted by atomic mass is 35.5. The maximum absolute atomic E-state index is 11.5. The number of nitrogens with one attached hydrogen (secondary N) is 3. The lowest BCUT2D eigenvalue weighted by Gasteiger charge is -2.09. The topological polar surface area (TPSA) is 70.2 Å². The van der Waals surface area contributed by atoms with E-state index in [9.17, 15) is 9.59 Å². The molecule has 0 heterocycles. The molecular formula is C12H17Cl2N3O2. The monoisotopic (exact) mass is 305 g/mol. The summed E-state index contributed by atoms with van der Waals surface area (Å²) in [4.78, 5) is 22.4. The van der Waals surface area contributed by atoms with Crippen molar-refractivity contribution in [3.8, 4) is 0 Å². The number of hydrogen-bond acceptors (Lipinski definition) is 3. The number of rotatable bonds is 5. The summed E-state index contributed by atoms with van der Waals surface area (Å²) in [7, 11) is 1.78. The van der Waals surface area contributed by atoms with E-state index in [1.54, 1.807) is 25.2 Å². The second kappa shape index (κ2) is 8.74. The minimum Gasteiger partial charge on any atom is -0.326 e. The normalized spacial score (nSPS) is 9.42. The zero-order valence-electron chi connectivity index (χ0n) is 10.7. The molecule has 0 unspecified atom stereocenters. The molecule has 0 fully saturated rings. The van der Waals surface area contributed by atoms with Gasteiger partial charge in [0.15, 0.2) is 0 Å². The van der Waals surface area contributed by atoms with Gasteiger partial charge in [0.25, 0.3) is 0 Å². The fourth-order valence-corrected chi connectivity index (χ4v) is 1.57. The molecule has 3 N–H and O–H groups in total. The number of carbonyl (C=O) groups excluding carboxylic acids is 2. The first-order chi connectivity index (χ1) is 8.52. The van der Waals surface area contributed by atoms with E-state index in [4.69, 9.17) is 11.6 Å². The van der Waals surface area contributed by atoms with Crippen molar-refractivity contribution in [3.63, 3.8) is 0 Å². The SMILES string of the molecule is CNCCC(=O)Nc1ccc(NC(C)=O)c(Cl)c1.Cl. The van der Waals surface area contributed by atoms with Crippen molar-refractivity contribution in [2.45, 2.75) is 13.3 Å². The van der Waals surface area contributed by atoms with Gasteiger partial charge in [-0.3, -0.25) is 9.59 Å². The Bertz CT molecular complexity index is 453. The van der Waals surface area contributed by atoms with E-state index in [1.165, 1.54) is 6.92 Å². The van der Waals surface area contributed by atoms with Gasteiger partial charge in [-0.2, -0.15) is 0 Å². The van der Waals surface area contributed by atoms with Gasteiger partial charge in [0.2, 0.25) is 11.8 Å². The first kappa shape index (κ1) is 17.7. The Kier molecular flexibility index (Phi) is 8.14. The third kappa shape index (κ3) is 6.42. The second-order valence-electron chi connectivity index (χ2n) is 3.78. The third-order valence-corrected chi connectivity index (χ3v) is 2.48. The van der Waals surface area contributed by atoms with E-state index in [0.29, 0.717) is 29.4 Å². The van der Waals surface area contributed by atoms with Crippen LogP contribution >= 0.6 is 24.0 Å². The molecule has 1 aromatic carbocycles. The van der Waals surface area contributed by atoms with Gasteiger partial charge >= 0.3 is 0 Å². The number of halogens is 2. The smallest absolute Gasteiger partial charge is 0.225 e. The van der Waals surface area contributed by atoms with Crippen molar-refractivity contribution in [3.05, 3.63) is 23.2 Å². The van der Waals surface area contributed by atoms with Crippen LogP contribution in [0, 0.1) is 0 Å². The van der Waals surface area contributed by atoms with Crippen LogP contribution in [-0.4, -0.2) is 25.4 Å². The molecule has 0 saturated heterocycles. The maximum atomic E-state index is 11.5. The van der Waals surface area contributed by atoms with Gasteiger partial charge in [-0.25, -0.2) is 0 Å². The molecule has 0 spiro atoms. The summed E-state index contributed by atoms with van der Waals surface area (Å²) in [6, 6.07) is 4.94. The highest BCUT2D eigenvalue weighted by Gasteiger charge is 2.06. The molecule has 0 radical (unpaired) electrons. The molecule has 7 heteroatoms. The Morgan fingerprint density at radius 1 is 1.26 bits per heavy atom. The van der Waals surface area contributed by atoms with E-state index in [0.717, 1.165) is 0 Å². The van der Waals surface area contributed by atoms with Gasteiger partial charge < -0.3 is 16.0 Å². The average molecular weight is 306 g/mol. The molecule has 0 saturated carbocycles. The van der Waals surface area contributed by atoms with Crippen LogP contribution in [0.3, 0.4) is 0 Å². The molecule has 0 bridgehead atoms. The van der Waals surface area contributed by atoms with Crippen LogP contribution in [0.15, 0.2) is 18.2 Å². The average Bonchev–Trinajstić information content (AvgIpc) is 2.29. The largest absolute Gasteiger partial charge is 0.326 e. The fourth-order valence-electron chi connectivity index (χ4n) is 1.35. The van der Waals surface area contributed by atoms with Crippen LogP contribution in [0.25, 0.3) is 0 Å². The lowest BCUT2D eigenvalue weighted by atomic mass is 10.2. The molecule has 106 valence electrons. The Morgan fingerprint density at radius 2 is 1.95 bits per heavy atom. The predicted molar refractivity (Wildman–Crippen MR) is 80.2 cm³/mol. The van der Waals surface area contributed by atoms with Gasteiger partial charge in [-0.15, -0.1) is 12.4 Å². The van der Waals surface area contributed by atoms with Gasteiger partial charge in [0.05, 0.1) is 10.7 Å². The van der Waals surface area contributed by atoms with Crippen molar-refractivity contribution < 1.29 is 9.59 Å². The van der Waals surface area contributed by atoms with Crippen LogP contribution in [-0.2, 0) is 9.59 Å². The molecule has 0 aliphatic carbocycles. The molecule has 19 heavy (non-hydrogen) atoms. The summed E-state index contributed by atoms with van der Waals surface area (Å²) in [6.07, 6.45) is 0.390. The lowest BCUT2D eigenvalue weighted by Crippen LogP contribution is -2.18. The molecular weight excluding hydrogens is 289 g/mol. The first-order valence-corrected chi connectivity index (χ1v) is 5.92. The molecule has 1 aromatic rings. The Hall–Kier alpha value is -1.30. The Morgan fingerprint density at radius 3 is 2.47 bits per heavy atom. The van der Waals surface area contributed by atoms with Gasteiger partial charge in [-0.1, -0.05) is 11.6 Å². The van der Waals surface area contributed by atoms with Crippen molar-refractivity contribution in [2.75, 3.05) is 24.2 Å². The van der Waals surface area contributed by atoms with Gasteiger partial charge in [-0.05, 0) is 25.2 Å². The first-order valence-electron chi connectivity index (χ1n) is 5.54. The highest BCUT2D eigenvalue weighted by molar-refractivity contribution is 6.34. The zero-order chi connectivity index (χ0) is 13.5. The van der Waals surface area contributed by atoms with Crippen LogP contribution < -0.4 is 16.0 Å². The van der Waals surface area contributed by atoms with E-state index < -0.39 is 0 Å². The summed E-state index contributed by atoms with van der Waals surface area (Å²) in [5.41, 5.74) is 1.13. The van der Waals surface area contributed by atoms with Crippen molar-refractivity contribution in [2.24, 2.45) is 0 Å². The molecule has 0 aliphatic rings. The molecule has 2 amide bonds. The minimum atomic E-state index is -0.192. The van der Waals surface area contributed by atoms with Crippen molar-refractivity contribution >= 4 is 47.2 Å². The Labute approximate surface area is 123 Å². The summed E-state index contributed by atoms with van der Waals surface area (Å²) in [5.74, 6) is -0.282. The van der Waals surface area contributed by atoms with Gasteiger partial charge in [0, 0.05) is 25.6 Å². The standard InChI is InChI=1S/C12H16ClN3O2.ClH/c1-8(17)15-11-4-3-9(7-10(11)13)16-12(18)5-6-14-2;/h3-4,7,14H,5-6H2,1-2H3,(H,15,17)(H,16,18);1H. The molecule has 1 rings (SSSR count). The number of carbonyl (C=O) groups is 2. The molecule has 0 aliphatic heterocycles. The minimum absolute atomic E-state index is 0. The lowest BCUT2D eigenvalue weighted by molar-refractivity contribution is -0.116. The molecule has 0 aromatic heterocycles. The van der Waals surface area contributed by atoms with Gasteiger partial charge in [0.1, 0.15) is 0 Å². The van der Waals surface area contributed by atoms with E-state index in [-0.39, 0.29) is 24.2 Å². The number of benzene rings is 1. The highest BCUT2D eigenvalue weighted by Crippen LogP contribution is 2.25. The van der Waals surface area contributed by atoms with Crippen LogP contribution in [0.5, 0.6) is 0 Å². The van der Waals surface area contributed by atoms with E-state index in [1.807, 2.05) is 0 Å².